The third-order valence-electron chi connectivity index (χ3n) is 3.89. The number of hydrogen-bond acceptors (Lipinski definition) is 7. The highest BCUT2D eigenvalue weighted by molar-refractivity contribution is 7.14. The van der Waals surface area contributed by atoms with Gasteiger partial charge in [-0.05, 0) is 64.6 Å². The second kappa shape index (κ2) is 9.29. The Bertz CT molecular complexity index is 656. The Morgan fingerprint density at radius 2 is 1.89 bits per heavy atom. The van der Waals surface area contributed by atoms with Gasteiger partial charge in [-0.2, -0.15) is 0 Å². The van der Waals surface area contributed by atoms with Crippen LogP contribution in [0.5, 0.6) is 0 Å². The van der Waals surface area contributed by atoms with Crippen molar-refractivity contribution in [1.82, 2.24) is 0 Å². The Labute approximate surface area is 163 Å². The molecule has 0 saturated carbocycles. The van der Waals surface area contributed by atoms with Crippen molar-refractivity contribution in [2.75, 3.05) is 11.4 Å². The Hall–Kier alpha value is -1.97. The van der Waals surface area contributed by atoms with Gasteiger partial charge in [-0.25, -0.2) is 9.59 Å². The van der Waals surface area contributed by atoms with E-state index in [9.17, 15) is 19.5 Å². The smallest absolute Gasteiger partial charge is 0.344 e. The number of carboxylic acids is 1. The Morgan fingerprint density at radius 1 is 1.26 bits per heavy atom. The lowest BCUT2D eigenvalue weighted by molar-refractivity contribution is -0.169. The van der Waals surface area contributed by atoms with Crippen LogP contribution in [0.4, 0.5) is 5.00 Å². The molecule has 2 atom stereocenters. The quantitative estimate of drug-likeness (QED) is 0.327. The Kier molecular flexibility index (Phi) is 7.94. The van der Waals surface area contributed by atoms with Gasteiger partial charge in [0.2, 0.25) is 11.4 Å². The molecule has 1 rings (SSSR count). The van der Waals surface area contributed by atoms with Gasteiger partial charge in [-0.3, -0.25) is 9.69 Å². The summed E-state index contributed by atoms with van der Waals surface area (Å²) in [7, 11) is 0. The molecule has 1 aromatic heterocycles. The number of aliphatic carboxylic acids is 1. The zero-order chi connectivity index (χ0) is 20.8. The van der Waals surface area contributed by atoms with Gasteiger partial charge in [-0.15, -0.1) is 11.3 Å². The highest BCUT2D eigenvalue weighted by Gasteiger charge is 2.53. The van der Waals surface area contributed by atoms with Crippen molar-refractivity contribution in [2.45, 2.75) is 64.1 Å². The lowest BCUT2D eigenvalue weighted by Gasteiger charge is -2.37. The number of esters is 1. The van der Waals surface area contributed by atoms with Gasteiger partial charge in [0.15, 0.2) is 0 Å². The monoisotopic (exact) mass is 399 g/mol. The molecule has 152 valence electrons. The maximum atomic E-state index is 13.1. The van der Waals surface area contributed by atoms with Crippen LogP contribution in [-0.4, -0.2) is 46.7 Å². The van der Waals surface area contributed by atoms with E-state index in [-0.39, 0.29) is 0 Å². The molecular formula is C18H29N3O5S. The predicted octanol–water partition coefficient (Wildman–Crippen LogP) is 1.72. The number of ether oxygens (including phenoxy) is 1. The number of hydrogen-bond donors (Lipinski definition) is 3. The van der Waals surface area contributed by atoms with Gasteiger partial charge < -0.3 is 21.3 Å². The van der Waals surface area contributed by atoms with Crippen LogP contribution in [-0.2, 0) is 19.1 Å². The maximum absolute atomic E-state index is 13.1. The van der Waals surface area contributed by atoms with Crippen molar-refractivity contribution in [3.63, 3.8) is 0 Å². The van der Waals surface area contributed by atoms with Gasteiger partial charge in [0.25, 0.3) is 0 Å². The van der Waals surface area contributed by atoms with Crippen molar-refractivity contribution < 1.29 is 24.2 Å². The minimum absolute atomic E-state index is 0.310. The van der Waals surface area contributed by atoms with Crippen molar-refractivity contribution in [1.29, 1.82) is 0 Å². The molecule has 0 aliphatic carbocycles. The fraction of sp³-hybridized carbons (Fsp3) is 0.611. The minimum atomic E-state index is -2.25. The number of carbonyl (C=O) groups is 3. The molecule has 9 heteroatoms. The number of carboxylic acid groups (broad SMARTS) is 1. The first-order valence-corrected chi connectivity index (χ1v) is 9.63. The molecule has 27 heavy (non-hydrogen) atoms. The summed E-state index contributed by atoms with van der Waals surface area (Å²) in [5.41, 5.74) is 8.31. The first-order chi connectivity index (χ1) is 12.4. The van der Waals surface area contributed by atoms with E-state index in [0.717, 1.165) is 23.2 Å². The van der Waals surface area contributed by atoms with E-state index in [1.807, 2.05) is 0 Å². The van der Waals surface area contributed by atoms with E-state index in [4.69, 9.17) is 16.2 Å². The SMILES string of the molecule is CC(C)(C)OC(=O)[C@](C)(C(=O)O)N(C(=O)[C@@H](N)CCCCN)c1cccs1. The van der Waals surface area contributed by atoms with Crippen molar-refractivity contribution >= 4 is 34.2 Å². The highest BCUT2D eigenvalue weighted by Crippen LogP contribution is 2.32. The second-order valence-corrected chi connectivity index (χ2v) is 8.32. The van der Waals surface area contributed by atoms with Crippen LogP contribution >= 0.6 is 11.3 Å². The number of nitrogens with zero attached hydrogens (tertiary/aromatic N) is 1. The van der Waals surface area contributed by atoms with E-state index in [0.29, 0.717) is 30.8 Å². The molecule has 8 nitrogen and oxygen atoms in total. The van der Waals surface area contributed by atoms with Crippen molar-refractivity contribution in [3.05, 3.63) is 17.5 Å². The van der Waals surface area contributed by atoms with Gasteiger partial charge in [0, 0.05) is 0 Å². The van der Waals surface area contributed by atoms with Crippen molar-refractivity contribution in [3.8, 4) is 0 Å². The fourth-order valence-corrected chi connectivity index (χ4v) is 3.23. The van der Waals surface area contributed by atoms with Crippen LogP contribution in [0.2, 0.25) is 0 Å². The third-order valence-corrected chi connectivity index (χ3v) is 4.75. The molecule has 0 spiro atoms. The van der Waals surface area contributed by atoms with Gasteiger partial charge in [0.05, 0.1) is 11.0 Å². The molecule has 1 aromatic rings. The molecule has 5 N–H and O–H groups in total. The maximum Gasteiger partial charge on any atom is 0.344 e. The van der Waals surface area contributed by atoms with Crippen LogP contribution in [0, 0.1) is 0 Å². The molecule has 1 amide bonds. The summed E-state index contributed by atoms with van der Waals surface area (Å²) in [4.78, 5) is 38.9. The number of nitrogens with two attached hydrogens (primary N) is 2. The molecule has 0 saturated heterocycles. The van der Waals surface area contributed by atoms with Crippen LogP contribution < -0.4 is 16.4 Å². The Morgan fingerprint density at radius 3 is 2.33 bits per heavy atom. The predicted molar refractivity (Wildman–Crippen MR) is 105 cm³/mol. The summed E-state index contributed by atoms with van der Waals surface area (Å²) < 4.78 is 5.31. The van der Waals surface area contributed by atoms with Crippen LogP contribution in [0.25, 0.3) is 0 Å². The average Bonchev–Trinajstić information content (AvgIpc) is 3.06. The normalized spacial score (nSPS) is 14.9. The lowest BCUT2D eigenvalue weighted by Crippen LogP contribution is -2.64. The van der Waals surface area contributed by atoms with Crippen LogP contribution in [0.1, 0.15) is 47.0 Å². The Balaban J connectivity index is 3.32. The number of unbranched alkanes of at least 4 members (excludes halogenated alkanes) is 1. The topological polar surface area (TPSA) is 136 Å². The summed E-state index contributed by atoms with van der Waals surface area (Å²) in [6.07, 6.45) is 1.65. The van der Waals surface area contributed by atoms with E-state index >= 15 is 0 Å². The summed E-state index contributed by atoms with van der Waals surface area (Å²) in [6, 6.07) is 2.28. The molecule has 0 fully saturated rings. The molecule has 0 radical (unpaired) electrons. The first-order valence-electron chi connectivity index (χ1n) is 8.75. The molecule has 0 aliphatic heterocycles. The molecular weight excluding hydrogens is 370 g/mol. The summed E-state index contributed by atoms with van der Waals surface area (Å²) in [5, 5.41) is 11.9. The summed E-state index contributed by atoms with van der Waals surface area (Å²) in [6.45, 7) is 6.52. The standard InChI is InChI=1S/C18H29N3O5S/c1-17(2,3)26-16(25)18(4,15(23)24)21(13-9-7-11-27-13)14(22)12(20)8-5-6-10-19/h7,9,11-12H,5-6,8,10,19-20H2,1-4H3,(H,23,24)/t12-,18-/m0/s1. The zero-order valence-electron chi connectivity index (χ0n) is 16.2. The van der Waals surface area contributed by atoms with E-state index in [1.165, 1.54) is 0 Å². The second-order valence-electron chi connectivity index (χ2n) is 7.40. The van der Waals surface area contributed by atoms with Gasteiger partial charge >= 0.3 is 11.9 Å². The lowest BCUT2D eigenvalue weighted by atomic mass is 9.97. The van der Waals surface area contributed by atoms with Crippen LogP contribution in [0.3, 0.4) is 0 Å². The molecule has 0 aromatic carbocycles. The minimum Gasteiger partial charge on any atom is -0.479 e. The van der Waals surface area contributed by atoms with E-state index in [2.05, 4.69) is 0 Å². The molecule has 0 bridgehead atoms. The van der Waals surface area contributed by atoms with E-state index in [1.54, 1.807) is 38.3 Å². The number of carbonyl (C=O) groups excluding carboxylic acids is 2. The number of anilines is 1. The largest absolute Gasteiger partial charge is 0.479 e. The van der Waals surface area contributed by atoms with Gasteiger partial charge in [0.1, 0.15) is 5.60 Å². The fourth-order valence-electron chi connectivity index (χ4n) is 2.40. The number of thiophene rings is 1. The zero-order valence-corrected chi connectivity index (χ0v) is 17.0. The molecule has 0 aliphatic rings. The summed E-state index contributed by atoms with van der Waals surface area (Å²) >= 11 is 1.14. The molecule has 0 unspecified atom stereocenters. The third kappa shape index (κ3) is 5.75. The number of rotatable bonds is 9. The van der Waals surface area contributed by atoms with Crippen LogP contribution in [0.15, 0.2) is 17.5 Å². The average molecular weight is 400 g/mol. The highest BCUT2D eigenvalue weighted by atomic mass is 32.1. The first kappa shape index (κ1) is 23.1. The number of amides is 1. The van der Waals surface area contributed by atoms with Crippen molar-refractivity contribution in [2.24, 2.45) is 11.5 Å². The van der Waals surface area contributed by atoms with Gasteiger partial charge in [-0.1, -0.05) is 6.42 Å². The molecule has 1 heterocycles. The summed E-state index contributed by atoms with van der Waals surface area (Å²) in [5.74, 6) is -3.17. The van der Waals surface area contributed by atoms with E-state index < -0.39 is 35.0 Å².